The SMILES string of the molecule is CC(C)C(CNCc1ccc(I)o1)NC(=O)OC(C)(C)C. The topological polar surface area (TPSA) is 63.5 Å². The third-order valence-electron chi connectivity index (χ3n) is 2.80. The zero-order valence-corrected chi connectivity index (χ0v) is 15.5. The summed E-state index contributed by atoms with van der Waals surface area (Å²) in [4.78, 5) is 11.8. The summed E-state index contributed by atoms with van der Waals surface area (Å²) in [5, 5.41) is 6.21. The fourth-order valence-electron chi connectivity index (χ4n) is 1.71. The highest BCUT2D eigenvalue weighted by atomic mass is 127. The molecule has 1 aromatic rings. The van der Waals surface area contributed by atoms with Crippen LogP contribution in [-0.2, 0) is 11.3 Å². The molecule has 2 N–H and O–H groups in total. The van der Waals surface area contributed by atoms with Crippen LogP contribution in [0.1, 0.15) is 40.4 Å². The summed E-state index contributed by atoms with van der Waals surface area (Å²) in [7, 11) is 0. The molecule has 1 aromatic heterocycles. The van der Waals surface area contributed by atoms with Gasteiger partial charge in [-0.3, -0.25) is 0 Å². The first-order chi connectivity index (χ1) is 9.67. The van der Waals surface area contributed by atoms with E-state index in [9.17, 15) is 4.79 Å². The van der Waals surface area contributed by atoms with Gasteiger partial charge in [-0.2, -0.15) is 0 Å². The van der Waals surface area contributed by atoms with Gasteiger partial charge in [0.05, 0.1) is 6.54 Å². The molecule has 0 radical (unpaired) electrons. The maximum absolute atomic E-state index is 11.8. The highest BCUT2D eigenvalue weighted by Crippen LogP contribution is 2.10. The molecule has 21 heavy (non-hydrogen) atoms. The van der Waals surface area contributed by atoms with Gasteiger partial charge in [0, 0.05) is 12.6 Å². The molecule has 1 atom stereocenters. The minimum atomic E-state index is -0.482. The number of ether oxygens (including phenoxy) is 1. The van der Waals surface area contributed by atoms with Gasteiger partial charge in [0.2, 0.25) is 0 Å². The first-order valence-corrected chi connectivity index (χ1v) is 8.19. The largest absolute Gasteiger partial charge is 0.454 e. The summed E-state index contributed by atoms with van der Waals surface area (Å²) in [6.07, 6.45) is -0.379. The van der Waals surface area contributed by atoms with Gasteiger partial charge >= 0.3 is 6.09 Å². The number of alkyl carbamates (subject to hydrolysis) is 1. The first-order valence-electron chi connectivity index (χ1n) is 7.12. The molecule has 1 unspecified atom stereocenters. The lowest BCUT2D eigenvalue weighted by molar-refractivity contribution is 0.0490. The number of carbonyl (C=O) groups excluding carboxylic acids is 1. The molecule has 120 valence electrons. The second kappa shape index (κ2) is 8.03. The third-order valence-corrected chi connectivity index (χ3v) is 3.38. The van der Waals surface area contributed by atoms with Crippen molar-refractivity contribution in [1.82, 2.24) is 10.6 Å². The lowest BCUT2D eigenvalue weighted by Crippen LogP contribution is -2.46. The van der Waals surface area contributed by atoms with Gasteiger partial charge in [-0.1, -0.05) is 13.8 Å². The summed E-state index contributed by atoms with van der Waals surface area (Å²) in [6, 6.07) is 3.88. The van der Waals surface area contributed by atoms with Crippen molar-refractivity contribution in [3.63, 3.8) is 0 Å². The number of furan rings is 1. The van der Waals surface area contributed by atoms with Crippen molar-refractivity contribution in [1.29, 1.82) is 0 Å². The van der Waals surface area contributed by atoms with E-state index in [1.54, 1.807) is 0 Å². The normalized spacial score (nSPS) is 13.3. The molecular formula is C15H25IN2O3. The Kier molecular flexibility index (Phi) is 6.99. The van der Waals surface area contributed by atoms with Crippen molar-refractivity contribution in [3.8, 4) is 0 Å². The Bertz CT molecular complexity index is 452. The molecule has 0 spiro atoms. The van der Waals surface area contributed by atoms with Crippen LogP contribution in [0.15, 0.2) is 16.5 Å². The Hall–Kier alpha value is -0.760. The molecule has 6 heteroatoms. The van der Waals surface area contributed by atoms with Crippen LogP contribution in [0.3, 0.4) is 0 Å². The van der Waals surface area contributed by atoms with Crippen LogP contribution in [0.4, 0.5) is 4.79 Å². The van der Waals surface area contributed by atoms with Gasteiger partial charge in [-0.15, -0.1) is 0 Å². The van der Waals surface area contributed by atoms with Crippen LogP contribution in [-0.4, -0.2) is 24.3 Å². The van der Waals surface area contributed by atoms with Crippen molar-refractivity contribution in [3.05, 3.63) is 21.7 Å². The lowest BCUT2D eigenvalue weighted by atomic mass is 10.0. The Labute approximate surface area is 140 Å². The fraction of sp³-hybridized carbons (Fsp3) is 0.667. The van der Waals surface area contributed by atoms with Crippen LogP contribution >= 0.6 is 22.6 Å². The molecule has 0 aliphatic heterocycles. The van der Waals surface area contributed by atoms with Gasteiger partial charge in [0.15, 0.2) is 3.77 Å². The molecule has 1 rings (SSSR count). The molecule has 0 aliphatic rings. The van der Waals surface area contributed by atoms with Crippen molar-refractivity contribution < 1.29 is 13.9 Å². The number of halogens is 1. The van der Waals surface area contributed by atoms with E-state index in [4.69, 9.17) is 9.15 Å². The first kappa shape index (κ1) is 18.3. The minimum absolute atomic E-state index is 0.00823. The molecule has 5 nitrogen and oxygen atoms in total. The number of hydrogen-bond acceptors (Lipinski definition) is 4. The molecule has 0 saturated carbocycles. The Morgan fingerprint density at radius 1 is 1.38 bits per heavy atom. The molecular weight excluding hydrogens is 383 g/mol. The van der Waals surface area contributed by atoms with E-state index >= 15 is 0 Å². The number of hydrogen-bond donors (Lipinski definition) is 2. The zero-order valence-electron chi connectivity index (χ0n) is 13.3. The number of nitrogens with one attached hydrogen (secondary N) is 2. The quantitative estimate of drug-likeness (QED) is 0.708. The zero-order chi connectivity index (χ0) is 16.0. The van der Waals surface area contributed by atoms with E-state index in [-0.39, 0.29) is 12.1 Å². The van der Waals surface area contributed by atoms with Crippen LogP contribution < -0.4 is 10.6 Å². The molecule has 0 fully saturated rings. The molecule has 1 amide bonds. The second-order valence-electron chi connectivity index (χ2n) is 6.33. The predicted molar refractivity (Wildman–Crippen MR) is 91.1 cm³/mol. The second-order valence-corrected chi connectivity index (χ2v) is 7.40. The maximum atomic E-state index is 11.8. The van der Waals surface area contributed by atoms with Crippen molar-refractivity contribution in [2.24, 2.45) is 5.92 Å². The lowest BCUT2D eigenvalue weighted by Gasteiger charge is -2.26. The van der Waals surface area contributed by atoms with Gasteiger partial charge in [-0.25, -0.2) is 4.79 Å². The smallest absolute Gasteiger partial charge is 0.407 e. The highest BCUT2D eigenvalue weighted by Gasteiger charge is 2.21. The van der Waals surface area contributed by atoms with Crippen molar-refractivity contribution >= 4 is 28.7 Å². The van der Waals surface area contributed by atoms with E-state index in [1.165, 1.54) is 0 Å². The van der Waals surface area contributed by atoms with Gasteiger partial charge in [0.25, 0.3) is 0 Å². The predicted octanol–water partition coefficient (Wildman–Crippen LogP) is 3.52. The van der Waals surface area contributed by atoms with E-state index in [0.29, 0.717) is 19.0 Å². The molecule has 1 heterocycles. The Morgan fingerprint density at radius 2 is 2.05 bits per heavy atom. The third kappa shape index (κ3) is 7.71. The number of rotatable bonds is 6. The van der Waals surface area contributed by atoms with Crippen LogP contribution in [0.5, 0.6) is 0 Å². The Morgan fingerprint density at radius 3 is 2.52 bits per heavy atom. The molecule has 0 saturated heterocycles. The summed E-state index contributed by atoms with van der Waals surface area (Å²) in [5.41, 5.74) is -0.482. The monoisotopic (exact) mass is 408 g/mol. The van der Waals surface area contributed by atoms with E-state index in [0.717, 1.165) is 9.53 Å². The van der Waals surface area contributed by atoms with Gasteiger partial charge in [-0.05, 0) is 61.4 Å². The van der Waals surface area contributed by atoms with E-state index in [1.807, 2.05) is 32.9 Å². The van der Waals surface area contributed by atoms with Crippen LogP contribution in [0.2, 0.25) is 0 Å². The highest BCUT2D eigenvalue weighted by molar-refractivity contribution is 14.1. The van der Waals surface area contributed by atoms with E-state index < -0.39 is 5.60 Å². The maximum Gasteiger partial charge on any atom is 0.407 e. The standard InChI is InChI=1S/C15H25IN2O3/c1-10(2)12(18-14(19)21-15(3,4)5)9-17-8-11-6-7-13(16)20-11/h6-7,10,12,17H,8-9H2,1-5H3,(H,18,19). The average Bonchev–Trinajstić information content (AvgIpc) is 2.71. The number of amides is 1. The summed E-state index contributed by atoms with van der Waals surface area (Å²) < 4.78 is 11.6. The summed E-state index contributed by atoms with van der Waals surface area (Å²) >= 11 is 2.14. The van der Waals surface area contributed by atoms with Crippen molar-refractivity contribution in [2.45, 2.75) is 52.8 Å². The number of carbonyl (C=O) groups is 1. The van der Waals surface area contributed by atoms with Crippen molar-refractivity contribution in [2.75, 3.05) is 6.54 Å². The fourth-order valence-corrected chi connectivity index (χ4v) is 2.17. The van der Waals surface area contributed by atoms with Crippen LogP contribution in [0, 0.1) is 9.68 Å². The van der Waals surface area contributed by atoms with Gasteiger partial charge < -0.3 is 19.8 Å². The van der Waals surface area contributed by atoms with Crippen LogP contribution in [0.25, 0.3) is 0 Å². The summed E-state index contributed by atoms with van der Waals surface area (Å²) in [6.45, 7) is 11.0. The molecule has 0 bridgehead atoms. The summed E-state index contributed by atoms with van der Waals surface area (Å²) in [5.74, 6) is 1.20. The molecule has 0 aromatic carbocycles. The molecule has 0 aliphatic carbocycles. The minimum Gasteiger partial charge on any atom is -0.454 e. The average molecular weight is 408 g/mol. The van der Waals surface area contributed by atoms with Gasteiger partial charge in [0.1, 0.15) is 11.4 Å². The van der Waals surface area contributed by atoms with E-state index in [2.05, 4.69) is 47.1 Å². The Balaban J connectivity index is 2.41.